The molecule has 3 atom stereocenters. The van der Waals surface area contributed by atoms with Crippen molar-refractivity contribution in [1.82, 2.24) is 5.32 Å². The fourth-order valence-corrected chi connectivity index (χ4v) is 4.11. The predicted octanol–water partition coefficient (Wildman–Crippen LogP) is 4.07. The minimum Gasteiger partial charge on any atom is -0.449 e. The maximum atomic E-state index is 12.4. The summed E-state index contributed by atoms with van der Waals surface area (Å²) < 4.78 is 16.6. The highest BCUT2D eigenvalue weighted by atomic mass is 16.7. The van der Waals surface area contributed by atoms with E-state index in [4.69, 9.17) is 14.2 Å². The van der Waals surface area contributed by atoms with Crippen molar-refractivity contribution in [2.24, 2.45) is 0 Å². The second kappa shape index (κ2) is 7.71. The standard InChI is InChI=1S/C22H25NO4/c1-14-20(11-12-21(25-2)27-14)23-22(24)26-13-19-17-9-5-3-7-15(17)16-8-4-6-10-18(16)19/h3-10,14,19-21H,11-13H2,1-2H3,(H,23,24)/t14-,20+,21?/m0/s1. The van der Waals surface area contributed by atoms with E-state index in [1.807, 2.05) is 31.2 Å². The topological polar surface area (TPSA) is 56.8 Å². The zero-order valence-corrected chi connectivity index (χ0v) is 15.7. The Balaban J connectivity index is 1.40. The number of ether oxygens (including phenoxy) is 3. The molecule has 142 valence electrons. The Hall–Kier alpha value is -2.37. The lowest BCUT2D eigenvalue weighted by Gasteiger charge is -2.34. The molecule has 5 heteroatoms. The molecule has 1 fully saturated rings. The Kier molecular flexibility index (Phi) is 5.14. The van der Waals surface area contributed by atoms with Crippen LogP contribution in [0.4, 0.5) is 4.79 Å². The summed E-state index contributed by atoms with van der Waals surface area (Å²) in [5.74, 6) is 0.0704. The van der Waals surface area contributed by atoms with Gasteiger partial charge in [0.1, 0.15) is 6.61 Å². The van der Waals surface area contributed by atoms with E-state index in [0.29, 0.717) is 6.61 Å². The van der Waals surface area contributed by atoms with Crippen molar-refractivity contribution in [2.45, 2.75) is 44.1 Å². The quantitative estimate of drug-likeness (QED) is 0.885. The number of rotatable bonds is 4. The number of hydrogen-bond acceptors (Lipinski definition) is 4. The van der Waals surface area contributed by atoms with Crippen LogP contribution in [-0.2, 0) is 14.2 Å². The average molecular weight is 367 g/mol. The van der Waals surface area contributed by atoms with Crippen LogP contribution in [0.5, 0.6) is 0 Å². The van der Waals surface area contributed by atoms with Gasteiger partial charge in [0.05, 0.1) is 12.1 Å². The van der Waals surface area contributed by atoms with Crippen molar-refractivity contribution in [1.29, 1.82) is 0 Å². The van der Waals surface area contributed by atoms with Gasteiger partial charge in [-0.05, 0) is 35.6 Å². The number of amides is 1. The van der Waals surface area contributed by atoms with Crippen molar-refractivity contribution >= 4 is 6.09 Å². The summed E-state index contributed by atoms with van der Waals surface area (Å²) in [4.78, 5) is 12.4. The molecule has 1 aliphatic carbocycles. The lowest BCUT2D eigenvalue weighted by atomic mass is 9.98. The van der Waals surface area contributed by atoms with E-state index >= 15 is 0 Å². The molecular formula is C22H25NO4. The van der Waals surface area contributed by atoms with Crippen molar-refractivity contribution in [3.63, 3.8) is 0 Å². The fourth-order valence-electron chi connectivity index (χ4n) is 4.11. The molecule has 2 aromatic rings. The van der Waals surface area contributed by atoms with E-state index < -0.39 is 6.09 Å². The first kappa shape index (κ1) is 18.0. The van der Waals surface area contributed by atoms with Gasteiger partial charge in [-0.2, -0.15) is 0 Å². The Morgan fingerprint density at radius 2 is 1.70 bits per heavy atom. The van der Waals surface area contributed by atoms with Gasteiger partial charge in [0.15, 0.2) is 6.29 Å². The van der Waals surface area contributed by atoms with Crippen molar-refractivity contribution in [2.75, 3.05) is 13.7 Å². The summed E-state index contributed by atoms with van der Waals surface area (Å²) in [7, 11) is 1.64. The first-order chi connectivity index (χ1) is 13.2. The normalized spacial score (nSPS) is 24.1. The highest BCUT2D eigenvalue weighted by Gasteiger charge is 2.31. The van der Waals surface area contributed by atoms with E-state index in [1.54, 1.807) is 7.11 Å². The van der Waals surface area contributed by atoms with Gasteiger partial charge in [0, 0.05) is 19.4 Å². The number of alkyl carbamates (subject to hydrolysis) is 1. The third kappa shape index (κ3) is 3.57. The van der Waals surface area contributed by atoms with Gasteiger partial charge >= 0.3 is 6.09 Å². The lowest BCUT2D eigenvalue weighted by Crippen LogP contribution is -2.48. The third-order valence-corrected chi connectivity index (χ3v) is 5.56. The molecular weight excluding hydrogens is 342 g/mol. The van der Waals surface area contributed by atoms with Crippen LogP contribution >= 0.6 is 0 Å². The van der Waals surface area contributed by atoms with Gasteiger partial charge in [-0.3, -0.25) is 0 Å². The van der Waals surface area contributed by atoms with Gasteiger partial charge in [0.25, 0.3) is 0 Å². The van der Waals surface area contributed by atoms with E-state index in [-0.39, 0.29) is 24.4 Å². The SMILES string of the molecule is COC1CC[C@@H](NC(=O)OCC2c3ccccc3-c3ccccc32)[C@H](C)O1. The van der Waals surface area contributed by atoms with E-state index in [0.717, 1.165) is 12.8 Å². The molecule has 0 saturated carbocycles. The minimum atomic E-state index is -0.395. The van der Waals surface area contributed by atoms with E-state index in [9.17, 15) is 4.79 Å². The molecule has 27 heavy (non-hydrogen) atoms. The van der Waals surface area contributed by atoms with Crippen LogP contribution in [0.15, 0.2) is 48.5 Å². The van der Waals surface area contributed by atoms with E-state index in [1.165, 1.54) is 22.3 Å². The molecule has 1 amide bonds. The smallest absolute Gasteiger partial charge is 0.407 e. The summed E-state index contributed by atoms with van der Waals surface area (Å²) in [6.07, 6.45) is 0.872. The van der Waals surface area contributed by atoms with Gasteiger partial charge < -0.3 is 19.5 Å². The van der Waals surface area contributed by atoms with Crippen LogP contribution < -0.4 is 5.32 Å². The number of carbonyl (C=O) groups excluding carboxylic acids is 1. The van der Waals surface area contributed by atoms with Crippen LogP contribution in [0.2, 0.25) is 0 Å². The summed E-state index contributed by atoms with van der Waals surface area (Å²) in [5, 5.41) is 2.94. The summed E-state index contributed by atoms with van der Waals surface area (Å²) in [6, 6.07) is 16.6. The van der Waals surface area contributed by atoms with Crippen LogP contribution in [0.3, 0.4) is 0 Å². The molecule has 5 nitrogen and oxygen atoms in total. The molecule has 1 aliphatic heterocycles. The maximum absolute atomic E-state index is 12.4. The number of benzene rings is 2. The number of hydrogen-bond donors (Lipinski definition) is 1. The third-order valence-electron chi connectivity index (χ3n) is 5.56. The van der Waals surface area contributed by atoms with Gasteiger partial charge in [-0.1, -0.05) is 48.5 Å². The predicted molar refractivity (Wildman–Crippen MR) is 103 cm³/mol. The Bertz CT molecular complexity index is 776. The average Bonchev–Trinajstić information content (AvgIpc) is 3.02. The highest BCUT2D eigenvalue weighted by molar-refractivity contribution is 5.79. The molecule has 1 N–H and O–H groups in total. The zero-order chi connectivity index (χ0) is 18.8. The summed E-state index contributed by atoms with van der Waals surface area (Å²) in [6.45, 7) is 2.27. The first-order valence-electron chi connectivity index (χ1n) is 9.47. The van der Waals surface area contributed by atoms with Crippen molar-refractivity contribution in [3.05, 3.63) is 59.7 Å². The van der Waals surface area contributed by atoms with Gasteiger partial charge in [0.2, 0.25) is 0 Å². The molecule has 1 saturated heterocycles. The maximum Gasteiger partial charge on any atom is 0.407 e. The fraction of sp³-hybridized carbons (Fsp3) is 0.409. The second-order valence-corrected chi connectivity index (χ2v) is 7.16. The van der Waals surface area contributed by atoms with Gasteiger partial charge in [-0.15, -0.1) is 0 Å². The van der Waals surface area contributed by atoms with E-state index in [2.05, 4.69) is 29.6 Å². The number of methoxy groups -OCH3 is 1. The molecule has 0 aromatic heterocycles. The monoisotopic (exact) mass is 367 g/mol. The largest absolute Gasteiger partial charge is 0.449 e. The Morgan fingerprint density at radius 1 is 1.07 bits per heavy atom. The Labute approximate surface area is 159 Å². The highest BCUT2D eigenvalue weighted by Crippen LogP contribution is 2.44. The number of nitrogens with one attached hydrogen (secondary N) is 1. The first-order valence-corrected chi connectivity index (χ1v) is 9.47. The van der Waals surface area contributed by atoms with Crippen LogP contribution in [0.25, 0.3) is 11.1 Å². The Morgan fingerprint density at radius 3 is 2.30 bits per heavy atom. The molecule has 4 rings (SSSR count). The molecule has 0 radical (unpaired) electrons. The molecule has 1 unspecified atom stereocenters. The second-order valence-electron chi connectivity index (χ2n) is 7.16. The molecule has 1 heterocycles. The van der Waals surface area contributed by atoms with Crippen LogP contribution in [-0.4, -0.2) is 38.2 Å². The summed E-state index contributed by atoms with van der Waals surface area (Å²) >= 11 is 0. The molecule has 0 bridgehead atoms. The zero-order valence-electron chi connectivity index (χ0n) is 15.7. The lowest BCUT2D eigenvalue weighted by molar-refractivity contribution is -0.182. The van der Waals surface area contributed by atoms with Crippen molar-refractivity contribution in [3.8, 4) is 11.1 Å². The van der Waals surface area contributed by atoms with Crippen LogP contribution in [0, 0.1) is 0 Å². The minimum absolute atomic E-state index is 0.0629. The van der Waals surface area contributed by atoms with Gasteiger partial charge in [-0.25, -0.2) is 4.79 Å². The number of carbonyl (C=O) groups is 1. The molecule has 2 aromatic carbocycles. The van der Waals surface area contributed by atoms with Crippen molar-refractivity contribution < 1.29 is 19.0 Å². The molecule has 0 spiro atoms. The van der Waals surface area contributed by atoms with Crippen LogP contribution in [0.1, 0.15) is 36.8 Å². The number of fused-ring (bicyclic) bond motifs is 3. The molecule has 2 aliphatic rings. The summed E-state index contributed by atoms with van der Waals surface area (Å²) in [5.41, 5.74) is 4.87.